The maximum atomic E-state index is 3.73. The minimum absolute atomic E-state index is 1.01. The largest absolute Gasteiger partial charge is 0.355 e. The Hall–Kier alpha value is -7.82. The van der Waals surface area contributed by atoms with Gasteiger partial charge in [-0.25, -0.2) is 0 Å². The van der Waals surface area contributed by atoms with E-state index in [1.54, 1.807) is 0 Å². The lowest BCUT2D eigenvalue weighted by molar-refractivity contribution is 1.18. The first-order chi connectivity index (χ1) is 28.8. The third kappa shape index (κ3) is 5.78. The van der Waals surface area contributed by atoms with Gasteiger partial charge in [-0.1, -0.05) is 140 Å². The van der Waals surface area contributed by atoms with Gasteiger partial charge in [0.1, 0.15) is 0 Å². The van der Waals surface area contributed by atoms with Crippen LogP contribution in [0.4, 0.5) is 22.7 Å². The van der Waals surface area contributed by atoms with Crippen LogP contribution in [-0.2, 0) is 0 Å². The molecule has 2 aromatic heterocycles. The highest BCUT2D eigenvalue weighted by Crippen LogP contribution is 2.37. The maximum Gasteiger partial charge on any atom is 0.0541 e. The zero-order valence-electron chi connectivity index (χ0n) is 31.7. The monoisotopic (exact) mass is 742 g/mol. The molecule has 58 heavy (non-hydrogen) atoms. The van der Waals surface area contributed by atoms with Crippen LogP contribution in [0.2, 0.25) is 0 Å². The molecular weight excluding hydrogens is 705 g/mol. The molecule has 274 valence electrons. The second kappa shape index (κ2) is 14.0. The highest BCUT2D eigenvalue weighted by Gasteiger charge is 2.14. The van der Waals surface area contributed by atoms with Gasteiger partial charge in [-0.2, -0.15) is 0 Å². The molecule has 0 atom stereocenters. The molecule has 2 N–H and O–H groups in total. The molecule has 0 aliphatic carbocycles. The van der Waals surface area contributed by atoms with E-state index >= 15 is 0 Å². The lowest BCUT2D eigenvalue weighted by Crippen LogP contribution is -1.97. The zero-order valence-corrected chi connectivity index (χ0v) is 31.7. The number of rotatable bonds is 8. The van der Waals surface area contributed by atoms with Crippen molar-refractivity contribution in [2.45, 2.75) is 0 Å². The van der Waals surface area contributed by atoms with Crippen molar-refractivity contribution in [3.05, 3.63) is 218 Å². The predicted molar refractivity (Wildman–Crippen MR) is 245 cm³/mol. The van der Waals surface area contributed by atoms with Gasteiger partial charge in [-0.15, -0.1) is 0 Å². The number of aromatic nitrogens is 2. The molecule has 0 amide bonds. The predicted octanol–water partition coefficient (Wildman–Crippen LogP) is 14.7. The minimum Gasteiger partial charge on any atom is -0.355 e. The Balaban J connectivity index is 0.859. The van der Waals surface area contributed by atoms with Crippen molar-refractivity contribution in [3.63, 3.8) is 0 Å². The van der Waals surface area contributed by atoms with Crippen LogP contribution in [0.25, 0.3) is 77.2 Å². The SMILES string of the molecule is c1cc(Nc2ccccc2-c2ccc(-n3c4ccccc4c4ccccc43)cc2)cc(Nc2ccccc2-c2ccc(-n3c4ccccc4c4ccccc43)cc2)c1. The molecular formula is C54H38N4. The highest BCUT2D eigenvalue weighted by atomic mass is 15.0. The van der Waals surface area contributed by atoms with Gasteiger partial charge in [-0.3, -0.25) is 0 Å². The topological polar surface area (TPSA) is 33.9 Å². The smallest absolute Gasteiger partial charge is 0.0541 e. The number of para-hydroxylation sites is 6. The molecule has 0 fully saturated rings. The number of nitrogens with zero attached hydrogens (tertiary/aromatic N) is 2. The molecule has 0 spiro atoms. The molecule has 0 aliphatic heterocycles. The Bertz CT molecular complexity index is 2950. The summed E-state index contributed by atoms with van der Waals surface area (Å²) < 4.78 is 4.72. The highest BCUT2D eigenvalue weighted by molar-refractivity contribution is 6.10. The molecule has 0 aliphatic rings. The summed E-state index contributed by atoms with van der Waals surface area (Å²) in [7, 11) is 0. The van der Waals surface area contributed by atoms with Crippen LogP contribution in [-0.4, -0.2) is 9.13 Å². The van der Waals surface area contributed by atoms with Gasteiger partial charge in [0.15, 0.2) is 0 Å². The number of anilines is 4. The second-order valence-corrected chi connectivity index (χ2v) is 14.8. The van der Waals surface area contributed by atoms with E-state index in [9.17, 15) is 0 Å². The quantitative estimate of drug-likeness (QED) is 0.163. The average molecular weight is 743 g/mol. The summed E-state index contributed by atoms with van der Waals surface area (Å²) in [5.74, 6) is 0. The number of fused-ring (bicyclic) bond motifs is 6. The van der Waals surface area contributed by atoms with Crippen LogP contribution in [0.15, 0.2) is 218 Å². The number of benzene rings is 9. The van der Waals surface area contributed by atoms with E-state index in [0.717, 1.165) is 56.4 Å². The Morgan fingerprint density at radius 3 is 0.983 bits per heavy atom. The molecule has 4 heteroatoms. The summed E-state index contributed by atoms with van der Waals surface area (Å²) >= 11 is 0. The Morgan fingerprint density at radius 2 is 0.603 bits per heavy atom. The van der Waals surface area contributed by atoms with E-state index in [-0.39, 0.29) is 0 Å². The van der Waals surface area contributed by atoms with Crippen LogP contribution in [0.3, 0.4) is 0 Å². The molecule has 11 rings (SSSR count). The van der Waals surface area contributed by atoms with Crippen molar-refractivity contribution in [2.75, 3.05) is 10.6 Å². The van der Waals surface area contributed by atoms with Crippen LogP contribution in [0, 0.1) is 0 Å². The maximum absolute atomic E-state index is 3.73. The molecule has 2 heterocycles. The third-order valence-electron chi connectivity index (χ3n) is 11.3. The van der Waals surface area contributed by atoms with Crippen molar-refractivity contribution < 1.29 is 0 Å². The van der Waals surface area contributed by atoms with E-state index < -0.39 is 0 Å². The third-order valence-corrected chi connectivity index (χ3v) is 11.3. The summed E-state index contributed by atoms with van der Waals surface area (Å²) in [6.07, 6.45) is 0. The number of nitrogens with one attached hydrogen (secondary N) is 2. The van der Waals surface area contributed by atoms with E-state index in [0.29, 0.717) is 0 Å². The van der Waals surface area contributed by atoms with Gasteiger partial charge in [0.25, 0.3) is 0 Å². The zero-order chi connectivity index (χ0) is 38.4. The molecule has 0 unspecified atom stereocenters. The normalized spacial score (nSPS) is 11.4. The average Bonchev–Trinajstić information content (AvgIpc) is 3.80. The van der Waals surface area contributed by atoms with Gasteiger partial charge in [0.2, 0.25) is 0 Å². The Labute approximate surface area is 336 Å². The Morgan fingerprint density at radius 1 is 0.276 bits per heavy atom. The fraction of sp³-hybridized carbons (Fsp3) is 0. The van der Waals surface area contributed by atoms with Gasteiger partial charge in [0, 0.05) is 66.8 Å². The van der Waals surface area contributed by atoms with Crippen molar-refractivity contribution >= 4 is 66.4 Å². The van der Waals surface area contributed by atoms with Gasteiger partial charge < -0.3 is 19.8 Å². The summed E-state index contributed by atoms with van der Waals surface area (Å²) in [6, 6.07) is 77.9. The molecule has 4 nitrogen and oxygen atoms in total. The van der Waals surface area contributed by atoms with E-state index in [2.05, 4.69) is 238 Å². The Kier molecular flexibility index (Phi) is 8.11. The number of hydrogen-bond acceptors (Lipinski definition) is 2. The second-order valence-electron chi connectivity index (χ2n) is 14.8. The fourth-order valence-corrected chi connectivity index (χ4v) is 8.65. The molecule has 0 bridgehead atoms. The lowest BCUT2D eigenvalue weighted by Gasteiger charge is -2.16. The van der Waals surface area contributed by atoms with E-state index in [4.69, 9.17) is 0 Å². The van der Waals surface area contributed by atoms with Gasteiger partial charge >= 0.3 is 0 Å². The van der Waals surface area contributed by atoms with Crippen molar-refractivity contribution in [1.82, 2.24) is 9.13 Å². The summed E-state index contributed by atoms with van der Waals surface area (Å²) in [5, 5.41) is 12.5. The van der Waals surface area contributed by atoms with Crippen LogP contribution >= 0.6 is 0 Å². The molecule has 9 aromatic carbocycles. The lowest BCUT2D eigenvalue weighted by atomic mass is 10.0. The van der Waals surface area contributed by atoms with E-state index in [1.165, 1.54) is 43.6 Å². The molecule has 0 radical (unpaired) electrons. The first-order valence-corrected chi connectivity index (χ1v) is 19.8. The fourth-order valence-electron chi connectivity index (χ4n) is 8.65. The first kappa shape index (κ1) is 33.5. The van der Waals surface area contributed by atoms with Crippen molar-refractivity contribution in [2.24, 2.45) is 0 Å². The van der Waals surface area contributed by atoms with Crippen LogP contribution < -0.4 is 10.6 Å². The van der Waals surface area contributed by atoms with Crippen LogP contribution in [0.5, 0.6) is 0 Å². The molecule has 11 aromatic rings. The van der Waals surface area contributed by atoms with Crippen LogP contribution in [0.1, 0.15) is 0 Å². The first-order valence-electron chi connectivity index (χ1n) is 19.8. The van der Waals surface area contributed by atoms with Crippen molar-refractivity contribution in [1.29, 1.82) is 0 Å². The van der Waals surface area contributed by atoms with Gasteiger partial charge in [0.05, 0.1) is 22.1 Å². The standard InChI is InChI=1S/C54H38N4/c1-7-22-49(43(16-1)37-28-32-41(33-29-37)57-51-24-9-3-18-45(51)46-19-4-10-25-52(46)57)55-39-14-13-15-40(36-39)56-50-23-8-2-17-44(50)38-30-34-42(35-31-38)58-53-26-11-5-20-47(53)48-21-6-12-27-54(48)58/h1-36,55-56H. The van der Waals surface area contributed by atoms with E-state index in [1.807, 2.05) is 0 Å². The minimum atomic E-state index is 1.01. The van der Waals surface area contributed by atoms with Gasteiger partial charge in [-0.05, 0) is 90.0 Å². The summed E-state index contributed by atoms with van der Waals surface area (Å²) in [6.45, 7) is 0. The molecule has 0 saturated carbocycles. The number of hydrogen-bond donors (Lipinski definition) is 2. The molecule has 0 saturated heterocycles. The van der Waals surface area contributed by atoms with Crippen molar-refractivity contribution in [3.8, 4) is 33.6 Å². The summed E-state index contributed by atoms with van der Waals surface area (Å²) in [5.41, 5.74) is 15.8. The summed E-state index contributed by atoms with van der Waals surface area (Å²) in [4.78, 5) is 0.